The maximum atomic E-state index is 4.67. The molecule has 0 aliphatic heterocycles. The zero-order valence-corrected chi connectivity index (χ0v) is 14.7. The summed E-state index contributed by atoms with van der Waals surface area (Å²) >= 11 is 0. The lowest BCUT2D eigenvalue weighted by Crippen LogP contribution is -1.99. The van der Waals surface area contributed by atoms with Crippen LogP contribution in [0, 0.1) is 0 Å². The monoisotopic (exact) mass is 365 g/mol. The number of aromatic nitrogens is 7. The number of hydrogen-bond donors (Lipinski definition) is 2. The fraction of sp³-hybridized carbons (Fsp3) is 0. The molecule has 7 nitrogen and oxygen atoms in total. The van der Waals surface area contributed by atoms with Crippen molar-refractivity contribution in [2.75, 3.05) is 0 Å². The molecule has 5 heterocycles. The van der Waals surface area contributed by atoms with Crippen molar-refractivity contribution in [3.05, 3.63) is 79.8 Å². The smallest absolute Gasteiger partial charge is 0.140 e. The van der Waals surface area contributed by atoms with Crippen molar-refractivity contribution in [3.8, 4) is 45.4 Å². The molecule has 5 rings (SSSR count). The summed E-state index contributed by atoms with van der Waals surface area (Å²) < 4.78 is 0. The summed E-state index contributed by atoms with van der Waals surface area (Å²) in [7, 11) is 0. The zero-order valence-electron chi connectivity index (χ0n) is 14.7. The fourth-order valence-corrected chi connectivity index (χ4v) is 3.22. The molecule has 5 aromatic heterocycles. The molecule has 0 saturated heterocycles. The molecule has 7 heteroatoms. The first kappa shape index (κ1) is 16.1. The standard InChI is InChI=1S/C21H15N7/c1-2-7-22-16(5-1)14-4-3-8-23-18(14)19-17(21-27-12-13-28-21)15(6-9-24-19)20-25-10-11-26-20/h1-13H,(H,25,26)(H,27,28). The van der Waals surface area contributed by atoms with Crippen molar-refractivity contribution in [3.63, 3.8) is 0 Å². The Labute approximate surface area is 160 Å². The lowest BCUT2D eigenvalue weighted by atomic mass is 9.99. The van der Waals surface area contributed by atoms with Gasteiger partial charge in [-0.25, -0.2) is 9.97 Å². The highest BCUT2D eigenvalue weighted by molar-refractivity contribution is 5.91. The average Bonchev–Trinajstić information content (AvgIpc) is 3.48. The first-order valence-electron chi connectivity index (χ1n) is 8.77. The summed E-state index contributed by atoms with van der Waals surface area (Å²) in [4.78, 5) is 29.0. The molecular weight excluding hydrogens is 350 g/mol. The number of aromatic amines is 2. The van der Waals surface area contributed by atoms with Gasteiger partial charge in [0.05, 0.1) is 17.0 Å². The van der Waals surface area contributed by atoms with E-state index in [-0.39, 0.29) is 0 Å². The van der Waals surface area contributed by atoms with Crippen LogP contribution in [-0.4, -0.2) is 34.9 Å². The zero-order chi connectivity index (χ0) is 18.8. The summed E-state index contributed by atoms with van der Waals surface area (Å²) in [6.45, 7) is 0. The van der Waals surface area contributed by atoms with Crippen LogP contribution in [-0.2, 0) is 0 Å². The van der Waals surface area contributed by atoms with E-state index in [1.165, 1.54) is 0 Å². The largest absolute Gasteiger partial charge is 0.345 e. The van der Waals surface area contributed by atoms with Gasteiger partial charge in [0.15, 0.2) is 0 Å². The van der Waals surface area contributed by atoms with E-state index in [0.29, 0.717) is 11.5 Å². The molecular formula is C21H15N7. The normalized spacial score (nSPS) is 10.9. The molecule has 5 aromatic rings. The van der Waals surface area contributed by atoms with E-state index < -0.39 is 0 Å². The Balaban J connectivity index is 1.80. The van der Waals surface area contributed by atoms with Gasteiger partial charge in [-0.1, -0.05) is 6.07 Å². The van der Waals surface area contributed by atoms with E-state index in [1.807, 2.05) is 36.4 Å². The van der Waals surface area contributed by atoms with Gasteiger partial charge >= 0.3 is 0 Å². The Kier molecular flexibility index (Phi) is 3.95. The SMILES string of the molecule is c1ccc(-c2cccnc2-c2nccc(-c3ncc[nH]3)c2-c2ncc[nH]2)nc1. The van der Waals surface area contributed by atoms with Crippen LogP contribution in [0.15, 0.2) is 79.8 Å². The number of nitrogens with zero attached hydrogens (tertiary/aromatic N) is 5. The van der Waals surface area contributed by atoms with Gasteiger partial charge in [0, 0.05) is 54.5 Å². The van der Waals surface area contributed by atoms with Gasteiger partial charge in [-0.15, -0.1) is 0 Å². The molecule has 0 aliphatic carbocycles. The van der Waals surface area contributed by atoms with E-state index in [1.54, 1.807) is 43.4 Å². The quantitative estimate of drug-likeness (QED) is 0.502. The van der Waals surface area contributed by atoms with Crippen LogP contribution in [0.25, 0.3) is 45.4 Å². The molecule has 134 valence electrons. The molecule has 0 aromatic carbocycles. The first-order valence-corrected chi connectivity index (χ1v) is 8.77. The third-order valence-corrected chi connectivity index (χ3v) is 4.41. The minimum absolute atomic E-state index is 0.701. The minimum atomic E-state index is 0.701. The summed E-state index contributed by atoms with van der Waals surface area (Å²) in [5.74, 6) is 1.44. The average molecular weight is 365 g/mol. The maximum Gasteiger partial charge on any atom is 0.140 e. The van der Waals surface area contributed by atoms with Gasteiger partial charge in [-0.05, 0) is 30.3 Å². The highest BCUT2D eigenvalue weighted by Gasteiger charge is 2.21. The molecule has 0 radical (unpaired) electrons. The highest BCUT2D eigenvalue weighted by Crippen LogP contribution is 2.38. The van der Waals surface area contributed by atoms with Crippen molar-refractivity contribution >= 4 is 0 Å². The van der Waals surface area contributed by atoms with Gasteiger partial charge in [0.1, 0.15) is 17.3 Å². The molecule has 0 unspecified atom stereocenters. The summed E-state index contributed by atoms with van der Waals surface area (Å²) in [5.41, 5.74) is 4.91. The van der Waals surface area contributed by atoms with Crippen LogP contribution >= 0.6 is 0 Å². The number of nitrogens with one attached hydrogen (secondary N) is 2. The minimum Gasteiger partial charge on any atom is -0.345 e. The lowest BCUT2D eigenvalue weighted by molar-refractivity contribution is 1.20. The van der Waals surface area contributed by atoms with Crippen LogP contribution in [0.1, 0.15) is 0 Å². The number of hydrogen-bond acceptors (Lipinski definition) is 5. The van der Waals surface area contributed by atoms with Gasteiger partial charge in [-0.2, -0.15) is 0 Å². The summed E-state index contributed by atoms with van der Waals surface area (Å²) in [6, 6.07) is 11.6. The second-order valence-electron chi connectivity index (χ2n) is 6.07. The number of H-pyrrole nitrogens is 2. The molecule has 0 aliphatic rings. The van der Waals surface area contributed by atoms with E-state index in [2.05, 4.69) is 34.9 Å². The Morgan fingerprint density at radius 3 is 2.07 bits per heavy atom. The van der Waals surface area contributed by atoms with Crippen LogP contribution in [0.5, 0.6) is 0 Å². The Bertz CT molecular complexity index is 1200. The predicted molar refractivity (Wildman–Crippen MR) is 106 cm³/mol. The van der Waals surface area contributed by atoms with E-state index in [9.17, 15) is 0 Å². The van der Waals surface area contributed by atoms with Crippen LogP contribution in [0.4, 0.5) is 0 Å². The first-order chi connectivity index (χ1) is 13.9. The van der Waals surface area contributed by atoms with Gasteiger partial charge < -0.3 is 9.97 Å². The number of rotatable bonds is 4. The third kappa shape index (κ3) is 2.75. The fourth-order valence-electron chi connectivity index (χ4n) is 3.22. The van der Waals surface area contributed by atoms with Crippen LogP contribution < -0.4 is 0 Å². The Hall–Kier alpha value is -4.13. The van der Waals surface area contributed by atoms with Crippen molar-refractivity contribution in [2.24, 2.45) is 0 Å². The molecule has 0 bridgehead atoms. The van der Waals surface area contributed by atoms with E-state index in [4.69, 9.17) is 0 Å². The van der Waals surface area contributed by atoms with Crippen molar-refractivity contribution < 1.29 is 0 Å². The van der Waals surface area contributed by atoms with Gasteiger partial charge in [-0.3, -0.25) is 15.0 Å². The summed E-state index contributed by atoms with van der Waals surface area (Å²) in [5, 5.41) is 0. The maximum absolute atomic E-state index is 4.67. The van der Waals surface area contributed by atoms with Crippen LogP contribution in [0.2, 0.25) is 0 Å². The second kappa shape index (κ2) is 6.88. The predicted octanol–water partition coefficient (Wildman–Crippen LogP) is 3.99. The molecule has 0 saturated carbocycles. The Morgan fingerprint density at radius 2 is 1.32 bits per heavy atom. The van der Waals surface area contributed by atoms with Gasteiger partial charge in [0.25, 0.3) is 0 Å². The van der Waals surface area contributed by atoms with Gasteiger partial charge in [0.2, 0.25) is 0 Å². The molecule has 0 amide bonds. The van der Waals surface area contributed by atoms with Crippen molar-refractivity contribution in [1.29, 1.82) is 0 Å². The molecule has 2 N–H and O–H groups in total. The van der Waals surface area contributed by atoms with E-state index >= 15 is 0 Å². The van der Waals surface area contributed by atoms with Crippen LogP contribution in [0.3, 0.4) is 0 Å². The molecule has 0 atom stereocenters. The molecule has 28 heavy (non-hydrogen) atoms. The number of pyridine rings is 3. The highest BCUT2D eigenvalue weighted by atomic mass is 14.9. The molecule has 0 fully saturated rings. The second-order valence-corrected chi connectivity index (χ2v) is 6.07. The van der Waals surface area contributed by atoms with Crippen molar-refractivity contribution in [2.45, 2.75) is 0 Å². The third-order valence-electron chi connectivity index (χ3n) is 4.41. The number of imidazole rings is 2. The topological polar surface area (TPSA) is 96.0 Å². The summed E-state index contributed by atoms with van der Waals surface area (Å²) in [6.07, 6.45) is 12.3. The van der Waals surface area contributed by atoms with Crippen molar-refractivity contribution in [1.82, 2.24) is 34.9 Å². The van der Waals surface area contributed by atoms with E-state index in [0.717, 1.165) is 33.9 Å². The molecule has 0 spiro atoms. The lowest BCUT2D eigenvalue weighted by Gasteiger charge is -2.13. The Morgan fingerprint density at radius 1 is 0.536 bits per heavy atom.